The van der Waals surface area contributed by atoms with Gasteiger partial charge in [0.1, 0.15) is 0 Å². The van der Waals surface area contributed by atoms with E-state index in [4.69, 9.17) is 0 Å². The smallest absolute Gasteiger partial charge is 0.251 e. The maximum absolute atomic E-state index is 12.3. The molecule has 0 spiro atoms. The van der Waals surface area contributed by atoms with E-state index >= 15 is 0 Å². The van der Waals surface area contributed by atoms with Crippen LogP contribution >= 0.6 is 0 Å². The highest BCUT2D eigenvalue weighted by Crippen LogP contribution is 2.12. The lowest BCUT2D eigenvalue weighted by atomic mass is 10.1. The molecule has 1 fully saturated rings. The Balaban J connectivity index is 1.54. The first-order valence-electron chi connectivity index (χ1n) is 9.15. The fourth-order valence-corrected chi connectivity index (χ4v) is 3.42. The largest absolute Gasteiger partial charge is 0.350 e. The average molecular weight is 340 g/mol. The molecule has 2 heterocycles. The van der Waals surface area contributed by atoms with Gasteiger partial charge in [0.15, 0.2) is 0 Å². The third-order valence-electron chi connectivity index (χ3n) is 4.97. The van der Waals surface area contributed by atoms with E-state index < -0.39 is 0 Å². The second-order valence-electron chi connectivity index (χ2n) is 7.08. The Kier molecular flexibility index (Phi) is 5.53. The van der Waals surface area contributed by atoms with Crippen LogP contribution in [0.15, 0.2) is 30.3 Å². The van der Waals surface area contributed by atoms with Gasteiger partial charge in [0, 0.05) is 23.8 Å². The molecule has 5 nitrogen and oxygen atoms in total. The minimum Gasteiger partial charge on any atom is -0.350 e. The fraction of sp³-hybridized carbons (Fsp3) is 0.500. The van der Waals surface area contributed by atoms with Crippen LogP contribution in [-0.2, 0) is 6.54 Å². The van der Waals surface area contributed by atoms with E-state index in [0.717, 1.165) is 36.6 Å². The predicted molar refractivity (Wildman–Crippen MR) is 99.8 cm³/mol. The maximum atomic E-state index is 12.3. The zero-order valence-electron chi connectivity index (χ0n) is 15.5. The Hall–Kier alpha value is -2.14. The monoisotopic (exact) mass is 340 g/mol. The number of likely N-dealkylation sites (tertiary alicyclic amines) is 1. The molecule has 1 amide bonds. The molecule has 1 aromatic carbocycles. The van der Waals surface area contributed by atoms with Crippen LogP contribution in [-0.4, -0.2) is 46.3 Å². The molecule has 1 aliphatic rings. The molecule has 2 aromatic rings. The van der Waals surface area contributed by atoms with Gasteiger partial charge in [0.2, 0.25) is 0 Å². The summed E-state index contributed by atoms with van der Waals surface area (Å²) in [5, 5.41) is 7.54. The van der Waals surface area contributed by atoms with Crippen LogP contribution in [0.3, 0.4) is 0 Å². The van der Waals surface area contributed by atoms with E-state index in [1.165, 1.54) is 12.8 Å². The van der Waals surface area contributed by atoms with Gasteiger partial charge in [0.05, 0.1) is 12.2 Å². The van der Waals surface area contributed by atoms with Gasteiger partial charge < -0.3 is 5.32 Å². The molecule has 1 saturated heterocycles. The standard InChI is InChI=1S/C20H28N4O/c1-15-12-16(2)24(22-15)14-18-6-8-19(9-7-18)20(25)21-13-17(3)23-10-4-5-11-23/h6-9,12,17H,4-5,10-11,13-14H2,1-3H3,(H,21,25). The number of nitrogens with zero attached hydrogens (tertiary/aromatic N) is 3. The molecule has 25 heavy (non-hydrogen) atoms. The summed E-state index contributed by atoms with van der Waals surface area (Å²) in [6, 6.07) is 10.3. The quantitative estimate of drug-likeness (QED) is 0.880. The average Bonchev–Trinajstić information content (AvgIpc) is 3.23. The van der Waals surface area contributed by atoms with Crippen molar-refractivity contribution in [3.05, 3.63) is 52.8 Å². The highest BCUT2D eigenvalue weighted by Gasteiger charge is 2.18. The molecule has 0 saturated carbocycles. The first-order chi connectivity index (χ1) is 12.0. The molecule has 1 aliphatic heterocycles. The molecule has 1 aromatic heterocycles. The van der Waals surface area contributed by atoms with Crippen molar-refractivity contribution >= 4 is 5.91 Å². The summed E-state index contributed by atoms with van der Waals surface area (Å²) in [4.78, 5) is 14.8. The minimum atomic E-state index is 0.00344. The number of carbonyl (C=O) groups excluding carboxylic acids is 1. The second-order valence-corrected chi connectivity index (χ2v) is 7.08. The molecule has 0 bridgehead atoms. The fourth-order valence-electron chi connectivity index (χ4n) is 3.42. The van der Waals surface area contributed by atoms with Crippen LogP contribution in [0.25, 0.3) is 0 Å². The van der Waals surface area contributed by atoms with Crippen molar-refractivity contribution in [3.63, 3.8) is 0 Å². The summed E-state index contributed by atoms with van der Waals surface area (Å²) in [5.41, 5.74) is 4.04. The van der Waals surface area contributed by atoms with Gasteiger partial charge in [-0.15, -0.1) is 0 Å². The number of aromatic nitrogens is 2. The first-order valence-corrected chi connectivity index (χ1v) is 9.15. The summed E-state index contributed by atoms with van der Waals surface area (Å²) in [6.45, 7) is 9.97. The summed E-state index contributed by atoms with van der Waals surface area (Å²) >= 11 is 0. The third kappa shape index (κ3) is 4.48. The SMILES string of the molecule is Cc1cc(C)n(Cc2ccc(C(=O)NCC(C)N3CCCC3)cc2)n1. The van der Waals surface area contributed by atoms with Crippen molar-refractivity contribution in [2.24, 2.45) is 0 Å². The van der Waals surface area contributed by atoms with E-state index in [2.05, 4.69) is 35.2 Å². The number of rotatable bonds is 6. The Morgan fingerprint density at radius 1 is 1.20 bits per heavy atom. The van der Waals surface area contributed by atoms with Crippen molar-refractivity contribution in [1.29, 1.82) is 0 Å². The predicted octanol–water partition coefficient (Wildman–Crippen LogP) is 2.76. The second kappa shape index (κ2) is 7.83. The van der Waals surface area contributed by atoms with Crippen LogP contribution in [0.1, 0.15) is 47.1 Å². The lowest BCUT2D eigenvalue weighted by Gasteiger charge is -2.23. The van der Waals surface area contributed by atoms with Gasteiger partial charge in [0.25, 0.3) is 5.91 Å². The number of hydrogen-bond donors (Lipinski definition) is 1. The Labute approximate surface area is 150 Å². The van der Waals surface area contributed by atoms with Gasteiger partial charge in [-0.3, -0.25) is 14.4 Å². The Morgan fingerprint density at radius 2 is 1.88 bits per heavy atom. The topological polar surface area (TPSA) is 50.2 Å². The van der Waals surface area contributed by atoms with Crippen molar-refractivity contribution in [3.8, 4) is 0 Å². The highest BCUT2D eigenvalue weighted by molar-refractivity contribution is 5.94. The number of amides is 1. The molecule has 0 radical (unpaired) electrons. The van der Waals surface area contributed by atoms with Gasteiger partial charge in [-0.1, -0.05) is 12.1 Å². The normalized spacial score (nSPS) is 16.1. The maximum Gasteiger partial charge on any atom is 0.251 e. The van der Waals surface area contributed by atoms with Gasteiger partial charge >= 0.3 is 0 Å². The molecule has 1 atom stereocenters. The molecule has 1 N–H and O–H groups in total. The summed E-state index contributed by atoms with van der Waals surface area (Å²) in [6.07, 6.45) is 2.55. The lowest BCUT2D eigenvalue weighted by Crippen LogP contribution is -2.40. The van der Waals surface area contributed by atoms with Gasteiger partial charge in [-0.05, 0) is 70.5 Å². The van der Waals surface area contributed by atoms with Crippen molar-refractivity contribution in [1.82, 2.24) is 20.0 Å². The summed E-state index contributed by atoms with van der Waals surface area (Å²) in [7, 11) is 0. The number of nitrogens with one attached hydrogen (secondary N) is 1. The molecule has 5 heteroatoms. The van der Waals surface area contributed by atoms with Crippen molar-refractivity contribution in [2.45, 2.75) is 46.2 Å². The van der Waals surface area contributed by atoms with Crippen LogP contribution in [0.5, 0.6) is 0 Å². The van der Waals surface area contributed by atoms with Crippen LogP contribution in [0, 0.1) is 13.8 Å². The van der Waals surface area contributed by atoms with Crippen LogP contribution in [0.4, 0.5) is 0 Å². The third-order valence-corrected chi connectivity index (χ3v) is 4.97. The minimum absolute atomic E-state index is 0.00344. The lowest BCUT2D eigenvalue weighted by molar-refractivity contribution is 0.0940. The van der Waals surface area contributed by atoms with Gasteiger partial charge in [-0.2, -0.15) is 5.10 Å². The van der Waals surface area contributed by atoms with Gasteiger partial charge in [-0.25, -0.2) is 0 Å². The van der Waals surface area contributed by atoms with E-state index in [0.29, 0.717) is 18.2 Å². The Bertz CT molecular complexity index is 714. The molecular formula is C20H28N4O. The number of hydrogen-bond acceptors (Lipinski definition) is 3. The Morgan fingerprint density at radius 3 is 2.48 bits per heavy atom. The molecule has 134 valence electrons. The molecule has 1 unspecified atom stereocenters. The highest BCUT2D eigenvalue weighted by atomic mass is 16.1. The van der Waals surface area contributed by atoms with E-state index in [9.17, 15) is 4.79 Å². The van der Waals surface area contributed by atoms with Crippen LogP contribution in [0.2, 0.25) is 0 Å². The van der Waals surface area contributed by atoms with E-state index in [1.54, 1.807) is 0 Å². The number of carbonyl (C=O) groups is 1. The van der Waals surface area contributed by atoms with Crippen LogP contribution < -0.4 is 5.32 Å². The zero-order valence-corrected chi connectivity index (χ0v) is 15.5. The number of benzene rings is 1. The molecule has 3 rings (SSSR count). The van der Waals surface area contributed by atoms with E-state index in [-0.39, 0.29) is 5.91 Å². The summed E-state index contributed by atoms with van der Waals surface area (Å²) < 4.78 is 1.99. The van der Waals surface area contributed by atoms with E-state index in [1.807, 2.05) is 35.9 Å². The first kappa shape index (κ1) is 17.7. The van der Waals surface area contributed by atoms with Crippen molar-refractivity contribution in [2.75, 3.05) is 19.6 Å². The number of aryl methyl sites for hydroxylation is 2. The van der Waals surface area contributed by atoms with Crippen molar-refractivity contribution < 1.29 is 4.79 Å². The molecular weight excluding hydrogens is 312 g/mol. The summed E-state index contributed by atoms with van der Waals surface area (Å²) in [5.74, 6) is 0.00344. The molecule has 0 aliphatic carbocycles. The zero-order chi connectivity index (χ0) is 17.8.